The summed E-state index contributed by atoms with van der Waals surface area (Å²) >= 11 is 0. The summed E-state index contributed by atoms with van der Waals surface area (Å²) in [6.07, 6.45) is 4.74. The number of rotatable bonds is 5. The minimum Gasteiger partial charge on any atom is -0.484 e. The Morgan fingerprint density at radius 3 is 2.67 bits per heavy atom. The zero-order valence-corrected chi connectivity index (χ0v) is 15.6. The van der Waals surface area contributed by atoms with Crippen LogP contribution in [0, 0.1) is 0 Å². The number of fused-ring (bicyclic) bond motifs is 1. The Morgan fingerprint density at radius 1 is 1.04 bits per heavy atom. The summed E-state index contributed by atoms with van der Waals surface area (Å²) in [5.41, 5.74) is 4.62. The van der Waals surface area contributed by atoms with E-state index in [4.69, 9.17) is 9.47 Å². The Kier molecular flexibility index (Phi) is 5.58. The molecular weight excluding hydrogens is 340 g/mol. The van der Waals surface area contributed by atoms with Crippen LogP contribution in [0.2, 0.25) is 0 Å². The Morgan fingerprint density at radius 2 is 1.81 bits per heavy atom. The van der Waals surface area contributed by atoms with Crippen molar-refractivity contribution in [1.82, 2.24) is 0 Å². The maximum atomic E-state index is 12.4. The molecular formula is C22H26N2O3. The zero-order valence-electron chi connectivity index (χ0n) is 15.6. The zero-order chi connectivity index (χ0) is 18.5. The second-order valence-corrected chi connectivity index (χ2v) is 7.09. The number of benzene rings is 2. The number of hydrogen-bond acceptors (Lipinski definition) is 4. The van der Waals surface area contributed by atoms with Crippen LogP contribution < -0.4 is 15.0 Å². The van der Waals surface area contributed by atoms with E-state index in [0.29, 0.717) is 13.2 Å². The van der Waals surface area contributed by atoms with E-state index in [1.165, 1.54) is 24.0 Å². The number of hydrogen-bond donors (Lipinski definition) is 1. The van der Waals surface area contributed by atoms with Crippen LogP contribution >= 0.6 is 0 Å². The van der Waals surface area contributed by atoms with Crippen molar-refractivity contribution in [2.75, 3.05) is 43.1 Å². The number of carbonyl (C=O) groups excluding carboxylic acids is 1. The normalized spacial score (nSPS) is 16.5. The number of ether oxygens (including phenoxy) is 2. The van der Waals surface area contributed by atoms with E-state index in [1.807, 2.05) is 30.3 Å². The molecule has 0 spiro atoms. The molecule has 2 aliphatic rings. The van der Waals surface area contributed by atoms with Crippen LogP contribution in [0.5, 0.6) is 5.75 Å². The standard InChI is InChI=1S/C22H26N2O3/c25-22(16-27-19-10-9-17-5-1-2-6-18(17)15-19)23-20-7-3-4-8-21(20)24-11-13-26-14-12-24/h3-4,7-10,15H,1-2,5-6,11-14,16H2,(H,23,25). The van der Waals surface area contributed by atoms with Gasteiger partial charge >= 0.3 is 0 Å². The molecule has 2 aromatic carbocycles. The molecule has 0 aromatic heterocycles. The van der Waals surface area contributed by atoms with Gasteiger partial charge in [0.15, 0.2) is 6.61 Å². The number of amides is 1. The van der Waals surface area contributed by atoms with Gasteiger partial charge in [0.2, 0.25) is 0 Å². The molecule has 1 aliphatic heterocycles. The maximum absolute atomic E-state index is 12.4. The average Bonchev–Trinajstić information content (AvgIpc) is 2.73. The fourth-order valence-electron chi connectivity index (χ4n) is 3.79. The highest BCUT2D eigenvalue weighted by Gasteiger charge is 2.16. The predicted molar refractivity (Wildman–Crippen MR) is 107 cm³/mol. The monoisotopic (exact) mass is 366 g/mol. The molecule has 27 heavy (non-hydrogen) atoms. The molecule has 0 atom stereocenters. The minimum atomic E-state index is -0.145. The van der Waals surface area contributed by atoms with E-state index in [2.05, 4.69) is 22.3 Å². The summed E-state index contributed by atoms with van der Waals surface area (Å²) in [6, 6.07) is 14.1. The molecule has 2 aromatic rings. The summed E-state index contributed by atoms with van der Waals surface area (Å²) in [5, 5.41) is 2.99. The fourth-order valence-corrected chi connectivity index (χ4v) is 3.79. The number of aryl methyl sites for hydroxylation is 2. The van der Waals surface area contributed by atoms with Gasteiger partial charge in [-0.05, 0) is 61.1 Å². The lowest BCUT2D eigenvalue weighted by Crippen LogP contribution is -2.37. The molecule has 1 heterocycles. The first kappa shape index (κ1) is 17.9. The fraction of sp³-hybridized carbons (Fsp3) is 0.409. The largest absolute Gasteiger partial charge is 0.484 e. The van der Waals surface area contributed by atoms with Gasteiger partial charge in [-0.25, -0.2) is 0 Å². The summed E-state index contributed by atoms with van der Waals surface area (Å²) < 4.78 is 11.2. The first-order valence-corrected chi connectivity index (χ1v) is 9.76. The number of nitrogens with zero attached hydrogens (tertiary/aromatic N) is 1. The van der Waals surface area contributed by atoms with E-state index in [9.17, 15) is 4.79 Å². The lowest BCUT2D eigenvalue weighted by atomic mass is 9.92. The summed E-state index contributed by atoms with van der Waals surface area (Å²) in [7, 11) is 0. The maximum Gasteiger partial charge on any atom is 0.262 e. The molecule has 1 fully saturated rings. The molecule has 0 radical (unpaired) electrons. The first-order valence-electron chi connectivity index (χ1n) is 9.76. The van der Waals surface area contributed by atoms with Crippen LogP contribution in [0.3, 0.4) is 0 Å². The first-order chi connectivity index (χ1) is 13.3. The van der Waals surface area contributed by atoms with Crippen LogP contribution in [0.15, 0.2) is 42.5 Å². The van der Waals surface area contributed by atoms with Gasteiger partial charge in [0, 0.05) is 13.1 Å². The van der Waals surface area contributed by atoms with E-state index in [1.54, 1.807) is 0 Å². The second kappa shape index (κ2) is 8.44. The molecule has 4 rings (SSSR count). The summed E-state index contributed by atoms with van der Waals surface area (Å²) in [6.45, 7) is 3.10. The van der Waals surface area contributed by atoms with Gasteiger partial charge in [-0.15, -0.1) is 0 Å². The third kappa shape index (κ3) is 4.42. The second-order valence-electron chi connectivity index (χ2n) is 7.09. The van der Waals surface area contributed by atoms with Crippen molar-refractivity contribution < 1.29 is 14.3 Å². The van der Waals surface area contributed by atoms with Gasteiger partial charge in [-0.2, -0.15) is 0 Å². The third-order valence-corrected chi connectivity index (χ3v) is 5.22. The number of morpholine rings is 1. The third-order valence-electron chi connectivity index (χ3n) is 5.22. The van der Waals surface area contributed by atoms with Crippen LogP contribution in [0.4, 0.5) is 11.4 Å². The van der Waals surface area contributed by atoms with Crippen molar-refractivity contribution in [2.24, 2.45) is 0 Å². The van der Waals surface area contributed by atoms with Crippen LogP contribution in [-0.2, 0) is 22.4 Å². The number of para-hydroxylation sites is 2. The number of anilines is 2. The Labute approximate surface area is 160 Å². The molecule has 1 aliphatic carbocycles. The smallest absolute Gasteiger partial charge is 0.262 e. The number of nitrogens with one attached hydrogen (secondary N) is 1. The van der Waals surface area contributed by atoms with Crippen molar-refractivity contribution >= 4 is 17.3 Å². The van der Waals surface area contributed by atoms with Crippen LogP contribution in [0.1, 0.15) is 24.0 Å². The van der Waals surface area contributed by atoms with Crippen LogP contribution in [0.25, 0.3) is 0 Å². The number of carbonyl (C=O) groups is 1. The molecule has 1 N–H and O–H groups in total. The molecule has 142 valence electrons. The Hall–Kier alpha value is -2.53. The van der Waals surface area contributed by atoms with Gasteiger partial charge in [-0.1, -0.05) is 18.2 Å². The molecule has 1 saturated heterocycles. The van der Waals surface area contributed by atoms with Gasteiger partial charge in [0.05, 0.1) is 24.6 Å². The van der Waals surface area contributed by atoms with Gasteiger partial charge in [0.1, 0.15) is 5.75 Å². The SMILES string of the molecule is O=C(COc1ccc2c(c1)CCCC2)Nc1ccccc1N1CCOCC1. The van der Waals surface area contributed by atoms with Gasteiger partial charge in [0.25, 0.3) is 5.91 Å². The van der Waals surface area contributed by atoms with Crippen molar-refractivity contribution in [3.05, 3.63) is 53.6 Å². The van der Waals surface area contributed by atoms with E-state index in [-0.39, 0.29) is 12.5 Å². The molecule has 0 saturated carbocycles. The van der Waals surface area contributed by atoms with Gasteiger partial charge in [-0.3, -0.25) is 4.79 Å². The highest BCUT2D eigenvalue weighted by atomic mass is 16.5. The average molecular weight is 366 g/mol. The topological polar surface area (TPSA) is 50.8 Å². The minimum absolute atomic E-state index is 0.0102. The predicted octanol–water partition coefficient (Wildman–Crippen LogP) is 3.42. The van der Waals surface area contributed by atoms with Gasteiger partial charge < -0.3 is 19.7 Å². The highest BCUT2D eigenvalue weighted by Crippen LogP contribution is 2.27. The van der Waals surface area contributed by atoms with E-state index >= 15 is 0 Å². The Balaban J connectivity index is 1.37. The molecule has 0 unspecified atom stereocenters. The van der Waals surface area contributed by atoms with Crippen molar-refractivity contribution in [1.29, 1.82) is 0 Å². The summed E-state index contributed by atoms with van der Waals surface area (Å²) in [5.74, 6) is 0.626. The molecule has 1 amide bonds. The lowest BCUT2D eigenvalue weighted by Gasteiger charge is -2.30. The van der Waals surface area contributed by atoms with Crippen LogP contribution in [-0.4, -0.2) is 38.8 Å². The quantitative estimate of drug-likeness (QED) is 0.881. The van der Waals surface area contributed by atoms with Crippen molar-refractivity contribution in [3.63, 3.8) is 0 Å². The Bertz CT molecular complexity index is 800. The van der Waals surface area contributed by atoms with Crippen molar-refractivity contribution in [2.45, 2.75) is 25.7 Å². The molecule has 5 nitrogen and oxygen atoms in total. The molecule has 5 heteroatoms. The van der Waals surface area contributed by atoms with E-state index in [0.717, 1.165) is 43.1 Å². The summed E-state index contributed by atoms with van der Waals surface area (Å²) in [4.78, 5) is 14.7. The highest BCUT2D eigenvalue weighted by molar-refractivity contribution is 5.95. The van der Waals surface area contributed by atoms with Crippen molar-refractivity contribution in [3.8, 4) is 5.75 Å². The van der Waals surface area contributed by atoms with E-state index < -0.39 is 0 Å². The lowest BCUT2D eigenvalue weighted by molar-refractivity contribution is -0.118. The molecule has 0 bridgehead atoms.